The molecule has 0 aromatic heterocycles. The van der Waals surface area contributed by atoms with Gasteiger partial charge in [-0.15, -0.1) is 0 Å². The van der Waals surface area contributed by atoms with E-state index in [0.29, 0.717) is 0 Å². The van der Waals surface area contributed by atoms with Crippen molar-refractivity contribution in [1.29, 1.82) is 0 Å². The molecule has 0 aliphatic carbocycles. The summed E-state index contributed by atoms with van der Waals surface area (Å²) in [6.07, 6.45) is 1.89. The predicted octanol–water partition coefficient (Wildman–Crippen LogP) is 4.98. The summed E-state index contributed by atoms with van der Waals surface area (Å²) in [7, 11) is 0. The van der Waals surface area contributed by atoms with Gasteiger partial charge in [0.1, 0.15) is 5.60 Å². The van der Waals surface area contributed by atoms with E-state index in [1.165, 1.54) is 11.1 Å². The van der Waals surface area contributed by atoms with Gasteiger partial charge < -0.3 is 4.74 Å². The van der Waals surface area contributed by atoms with Crippen LogP contribution in [0.15, 0.2) is 60.7 Å². The van der Waals surface area contributed by atoms with Crippen molar-refractivity contribution in [3.8, 4) is 0 Å². The van der Waals surface area contributed by atoms with Crippen molar-refractivity contribution < 1.29 is 9.53 Å². The van der Waals surface area contributed by atoms with Crippen LogP contribution >= 0.6 is 0 Å². The third-order valence-electron chi connectivity index (χ3n) is 4.81. The minimum atomic E-state index is -0.458. The summed E-state index contributed by atoms with van der Waals surface area (Å²) in [5.74, 6) is -0.210. The van der Waals surface area contributed by atoms with Gasteiger partial charge >= 0.3 is 5.97 Å². The van der Waals surface area contributed by atoms with Crippen LogP contribution in [0.1, 0.15) is 50.8 Å². The van der Waals surface area contributed by atoms with Crippen LogP contribution in [0.2, 0.25) is 0 Å². The van der Waals surface area contributed by atoms with Crippen molar-refractivity contribution >= 4 is 5.97 Å². The molecule has 2 aromatic rings. The number of esters is 1. The van der Waals surface area contributed by atoms with Gasteiger partial charge in [-0.3, -0.25) is 9.69 Å². The molecule has 3 heteroatoms. The van der Waals surface area contributed by atoms with Crippen LogP contribution in [0, 0.1) is 5.92 Å². The third kappa shape index (κ3) is 4.73. The van der Waals surface area contributed by atoms with Crippen molar-refractivity contribution in [2.45, 2.75) is 51.8 Å². The second kappa shape index (κ2) is 8.05. The van der Waals surface area contributed by atoms with Gasteiger partial charge in [0, 0.05) is 12.6 Å². The number of hydrogen-bond donors (Lipinski definition) is 0. The number of carbonyl (C=O) groups is 1. The molecule has 26 heavy (non-hydrogen) atoms. The number of carbonyl (C=O) groups excluding carboxylic acids is 1. The van der Waals surface area contributed by atoms with Crippen LogP contribution in [0.4, 0.5) is 0 Å². The first kappa shape index (κ1) is 18.7. The molecule has 0 bridgehead atoms. The summed E-state index contributed by atoms with van der Waals surface area (Å²) in [5, 5.41) is 0. The van der Waals surface area contributed by atoms with Crippen molar-refractivity contribution in [1.82, 2.24) is 4.90 Å². The minimum absolute atomic E-state index is 0.0556. The van der Waals surface area contributed by atoms with Gasteiger partial charge in [0.2, 0.25) is 0 Å². The Labute approximate surface area is 157 Å². The van der Waals surface area contributed by atoms with E-state index >= 15 is 0 Å². The Morgan fingerprint density at radius 1 is 1.04 bits per heavy atom. The average Bonchev–Trinajstić information content (AvgIpc) is 2.62. The summed E-state index contributed by atoms with van der Waals surface area (Å²) >= 11 is 0. The Hall–Kier alpha value is -2.13. The second-order valence-corrected chi connectivity index (χ2v) is 8.09. The quantitative estimate of drug-likeness (QED) is 0.728. The van der Waals surface area contributed by atoms with Crippen LogP contribution < -0.4 is 0 Å². The molecule has 1 aliphatic heterocycles. The molecule has 1 saturated heterocycles. The molecule has 3 rings (SSSR count). The first-order chi connectivity index (χ1) is 12.4. The summed E-state index contributed by atoms with van der Waals surface area (Å²) in [6, 6.07) is 20.9. The SMILES string of the molecule is CC(C)(C)OC(=O)[C@H]1CCCN(Cc2ccccc2)[C@@H]1c1ccccc1. The monoisotopic (exact) mass is 351 g/mol. The van der Waals surface area contributed by atoms with Crippen LogP contribution in [0.25, 0.3) is 0 Å². The van der Waals surface area contributed by atoms with Crippen molar-refractivity contribution in [3.63, 3.8) is 0 Å². The maximum Gasteiger partial charge on any atom is 0.311 e. The number of rotatable bonds is 4. The topological polar surface area (TPSA) is 29.5 Å². The first-order valence-electron chi connectivity index (χ1n) is 9.50. The molecule has 0 saturated carbocycles. The number of likely N-dealkylation sites (tertiary alicyclic amines) is 1. The molecule has 0 amide bonds. The fraction of sp³-hybridized carbons (Fsp3) is 0.435. The lowest BCUT2D eigenvalue weighted by Crippen LogP contribution is -2.43. The Balaban J connectivity index is 1.89. The zero-order valence-electron chi connectivity index (χ0n) is 16.0. The molecule has 0 radical (unpaired) electrons. The molecule has 138 valence electrons. The normalized spacial score (nSPS) is 21.3. The maximum absolute atomic E-state index is 12.9. The number of hydrogen-bond acceptors (Lipinski definition) is 3. The number of benzene rings is 2. The van der Waals surface area contributed by atoms with E-state index < -0.39 is 5.60 Å². The average molecular weight is 351 g/mol. The second-order valence-electron chi connectivity index (χ2n) is 8.09. The van der Waals surface area contributed by atoms with E-state index in [0.717, 1.165) is 25.9 Å². The van der Waals surface area contributed by atoms with Gasteiger partial charge in [-0.2, -0.15) is 0 Å². The number of piperidine rings is 1. The van der Waals surface area contributed by atoms with E-state index in [1.54, 1.807) is 0 Å². The summed E-state index contributed by atoms with van der Waals surface area (Å²) in [4.78, 5) is 15.4. The largest absolute Gasteiger partial charge is 0.460 e. The van der Waals surface area contributed by atoms with Crippen molar-refractivity contribution in [2.75, 3.05) is 6.54 Å². The Bertz CT molecular complexity index is 706. The highest BCUT2D eigenvalue weighted by molar-refractivity contribution is 5.74. The molecule has 0 spiro atoms. The maximum atomic E-state index is 12.9. The lowest BCUT2D eigenvalue weighted by atomic mass is 9.84. The fourth-order valence-electron chi connectivity index (χ4n) is 3.78. The Kier molecular flexibility index (Phi) is 5.77. The molecular weight excluding hydrogens is 322 g/mol. The predicted molar refractivity (Wildman–Crippen MR) is 105 cm³/mol. The van der Waals surface area contributed by atoms with Gasteiger partial charge in [-0.05, 0) is 51.3 Å². The van der Waals surface area contributed by atoms with Crippen molar-refractivity contribution in [3.05, 3.63) is 71.8 Å². The zero-order chi connectivity index (χ0) is 18.6. The van der Waals surface area contributed by atoms with E-state index in [2.05, 4.69) is 53.4 Å². The Morgan fingerprint density at radius 3 is 2.27 bits per heavy atom. The van der Waals surface area contributed by atoms with E-state index in [-0.39, 0.29) is 17.9 Å². The number of ether oxygens (including phenoxy) is 1. The van der Waals surface area contributed by atoms with Crippen LogP contribution in [0.3, 0.4) is 0 Å². The van der Waals surface area contributed by atoms with E-state index in [1.807, 2.05) is 32.9 Å². The minimum Gasteiger partial charge on any atom is -0.460 e. The zero-order valence-corrected chi connectivity index (χ0v) is 16.0. The van der Waals surface area contributed by atoms with Crippen molar-refractivity contribution in [2.24, 2.45) is 5.92 Å². The van der Waals surface area contributed by atoms with Gasteiger partial charge in [-0.25, -0.2) is 0 Å². The molecule has 1 fully saturated rings. The lowest BCUT2D eigenvalue weighted by molar-refractivity contribution is -0.164. The lowest BCUT2D eigenvalue weighted by Gasteiger charge is -2.41. The Morgan fingerprint density at radius 2 is 1.65 bits per heavy atom. The first-order valence-corrected chi connectivity index (χ1v) is 9.50. The van der Waals surface area contributed by atoms with Crippen LogP contribution in [-0.4, -0.2) is 23.0 Å². The molecule has 2 atom stereocenters. The summed E-state index contributed by atoms with van der Waals surface area (Å²) in [6.45, 7) is 7.65. The molecule has 3 nitrogen and oxygen atoms in total. The molecule has 0 unspecified atom stereocenters. The van der Waals surface area contributed by atoms with Gasteiger partial charge in [0.05, 0.1) is 5.92 Å². The van der Waals surface area contributed by atoms with Gasteiger partial charge in [-0.1, -0.05) is 60.7 Å². The summed E-state index contributed by atoms with van der Waals surface area (Å²) in [5.41, 5.74) is 2.01. The van der Waals surface area contributed by atoms with E-state index in [9.17, 15) is 4.79 Å². The highest BCUT2D eigenvalue weighted by Gasteiger charge is 2.39. The molecule has 0 N–H and O–H groups in total. The van der Waals surface area contributed by atoms with E-state index in [4.69, 9.17) is 4.74 Å². The van der Waals surface area contributed by atoms with Crippen LogP contribution in [-0.2, 0) is 16.1 Å². The van der Waals surface area contributed by atoms with Crippen LogP contribution in [0.5, 0.6) is 0 Å². The fourth-order valence-corrected chi connectivity index (χ4v) is 3.78. The molecule has 2 aromatic carbocycles. The standard InChI is InChI=1S/C23H29NO2/c1-23(2,3)26-22(25)20-15-10-16-24(17-18-11-6-4-7-12-18)21(20)19-13-8-5-9-14-19/h4-9,11-14,20-21H,10,15-17H2,1-3H3/t20-,21+/m0/s1. The highest BCUT2D eigenvalue weighted by Crippen LogP contribution is 2.38. The molecule has 1 aliphatic rings. The smallest absolute Gasteiger partial charge is 0.311 e. The third-order valence-corrected chi connectivity index (χ3v) is 4.81. The molecule has 1 heterocycles. The van der Waals surface area contributed by atoms with Gasteiger partial charge in [0.25, 0.3) is 0 Å². The summed E-state index contributed by atoms with van der Waals surface area (Å²) < 4.78 is 5.76. The highest BCUT2D eigenvalue weighted by atomic mass is 16.6. The molecular formula is C23H29NO2. The number of nitrogens with zero attached hydrogens (tertiary/aromatic N) is 1. The van der Waals surface area contributed by atoms with Gasteiger partial charge in [0.15, 0.2) is 0 Å².